The number of anilines is 1. The SMILES string of the molecule is Cc1nccn1-c1ccc(NC(=O)C2CCCN2CC2CC2)cc1. The highest BCUT2D eigenvalue weighted by Gasteiger charge is 2.34. The van der Waals surface area contributed by atoms with E-state index in [1.807, 2.05) is 42.0 Å². The van der Waals surface area contributed by atoms with Crippen LogP contribution in [0.1, 0.15) is 31.5 Å². The predicted octanol–water partition coefficient (Wildman–Crippen LogP) is 2.99. The van der Waals surface area contributed by atoms with Crippen LogP contribution in [-0.2, 0) is 4.79 Å². The number of nitrogens with one attached hydrogen (secondary N) is 1. The van der Waals surface area contributed by atoms with Crippen LogP contribution >= 0.6 is 0 Å². The third-order valence-corrected chi connectivity index (χ3v) is 5.09. The van der Waals surface area contributed by atoms with Crippen molar-refractivity contribution in [1.29, 1.82) is 0 Å². The lowest BCUT2D eigenvalue weighted by atomic mass is 10.2. The number of rotatable bonds is 5. The normalized spacial score (nSPS) is 21.1. The Morgan fingerprint density at radius 3 is 2.71 bits per heavy atom. The summed E-state index contributed by atoms with van der Waals surface area (Å²) >= 11 is 0. The number of amides is 1. The average Bonchev–Trinajstić information content (AvgIpc) is 3.09. The number of carbonyl (C=O) groups is 1. The molecule has 1 aliphatic heterocycles. The van der Waals surface area contributed by atoms with Crippen molar-refractivity contribution in [3.8, 4) is 5.69 Å². The van der Waals surface area contributed by atoms with Gasteiger partial charge in [0.25, 0.3) is 0 Å². The van der Waals surface area contributed by atoms with Crippen molar-refractivity contribution in [2.45, 2.75) is 38.6 Å². The molecule has 5 heteroatoms. The van der Waals surface area contributed by atoms with Gasteiger partial charge in [-0.15, -0.1) is 0 Å². The van der Waals surface area contributed by atoms with Gasteiger partial charge in [0.2, 0.25) is 5.91 Å². The van der Waals surface area contributed by atoms with Crippen molar-refractivity contribution in [3.63, 3.8) is 0 Å². The third kappa shape index (κ3) is 3.22. The molecule has 2 fully saturated rings. The van der Waals surface area contributed by atoms with Crippen molar-refractivity contribution in [3.05, 3.63) is 42.5 Å². The first-order valence-corrected chi connectivity index (χ1v) is 8.86. The van der Waals surface area contributed by atoms with Crippen molar-refractivity contribution >= 4 is 11.6 Å². The minimum Gasteiger partial charge on any atom is -0.325 e. The fourth-order valence-electron chi connectivity index (χ4n) is 3.56. The molecule has 1 saturated carbocycles. The van der Waals surface area contributed by atoms with E-state index in [1.54, 1.807) is 6.20 Å². The van der Waals surface area contributed by atoms with Crippen molar-refractivity contribution in [2.75, 3.05) is 18.4 Å². The van der Waals surface area contributed by atoms with Crippen LogP contribution in [0.2, 0.25) is 0 Å². The van der Waals surface area contributed by atoms with E-state index in [4.69, 9.17) is 0 Å². The van der Waals surface area contributed by atoms with Gasteiger partial charge in [-0.25, -0.2) is 4.98 Å². The number of hydrogen-bond acceptors (Lipinski definition) is 3. The highest BCUT2D eigenvalue weighted by molar-refractivity contribution is 5.95. The molecule has 126 valence electrons. The van der Waals surface area contributed by atoms with Gasteiger partial charge in [0.15, 0.2) is 0 Å². The lowest BCUT2D eigenvalue weighted by Crippen LogP contribution is -2.40. The molecule has 1 amide bonds. The number of carbonyl (C=O) groups excluding carboxylic acids is 1. The maximum absolute atomic E-state index is 12.6. The molecule has 1 unspecified atom stereocenters. The molecule has 2 heterocycles. The van der Waals surface area contributed by atoms with Gasteiger partial charge in [0.05, 0.1) is 6.04 Å². The first-order chi connectivity index (χ1) is 11.7. The van der Waals surface area contributed by atoms with E-state index in [2.05, 4.69) is 15.2 Å². The summed E-state index contributed by atoms with van der Waals surface area (Å²) in [6.07, 6.45) is 8.51. The van der Waals surface area contributed by atoms with Crippen molar-refractivity contribution in [2.24, 2.45) is 5.92 Å². The van der Waals surface area contributed by atoms with Gasteiger partial charge in [0, 0.05) is 30.3 Å². The number of benzene rings is 1. The molecule has 1 aliphatic carbocycles. The zero-order valence-electron chi connectivity index (χ0n) is 14.1. The quantitative estimate of drug-likeness (QED) is 0.920. The Bertz CT molecular complexity index is 717. The first kappa shape index (κ1) is 15.4. The molecule has 1 atom stereocenters. The van der Waals surface area contributed by atoms with Crippen molar-refractivity contribution < 1.29 is 4.79 Å². The van der Waals surface area contributed by atoms with Crippen LogP contribution in [-0.4, -0.2) is 39.5 Å². The minimum absolute atomic E-state index is 0.0427. The molecule has 1 saturated heterocycles. The Balaban J connectivity index is 1.41. The second kappa shape index (κ2) is 6.40. The van der Waals surface area contributed by atoms with Gasteiger partial charge < -0.3 is 9.88 Å². The molecule has 0 bridgehead atoms. The molecule has 4 rings (SSSR count). The Hall–Kier alpha value is -2.14. The Kier molecular flexibility index (Phi) is 4.10. The Morgan fingerprint density at radius 2 is 2.04 bits per heavy atom. The van der Waals surface area contributed by atoms with Crippen LogP contribution in [0.4, 0.5) is 5.69 Å². The number of aromatic nitrogens is 2. The summed E-state index contributed by atoms with van der Waals surface area (Å²) in [6, 6.07) is 8.00. The monoisotopic (exact) mass is 324 g/mol. The summed E-state index contributed by atoms with van der Waals surface area (Å²) in [7, 11) is 0. The van der Waals surface area contributed by atoms with E-state index in [0.717, 1.165) is 49.0 Å². The molecule has 1 N–H and O–H groups in total. The summed E-state index contributed by atoms with van der Waals surface area (Å²) in [6.45, 7) is 4.13. The molecule has 1 aromatic heterocycles. The molecule has 24 heavy (non-hydrogen) atoms. The summed E-state index contributed by atoms with van der Waals surface area (Å²) in [5.74, 6) is 1.92. The fourth-order valence-corrected chi connectivity index (χ4v) is 3.56. The van der Waals surface area contributed by atoms with E-state index in [9.17, 15) is 4.79 Å². The minimum atomic E-state index is 0.0427. The number of hydrogen-bond donors (Lipinski definition) is 1. The van der Waals surface area contributed by atoms with Gasteiger partial charge >= 0.3 is 0 Å². The second-order valence-electron chi connectivity index (χ2n) is 6.98. The van der Waals surface area contributed by atoms with E-state index in [0.29, 0.717) is 0 Å². The molecular weight excluding hydrogens is 300 g/mol. The summed E-state index contributed by atoms with van der Waals surface area (Å²) in [4.78, 5) is 19.2. The highest BCUT2D eigenvalue weighted by Crippen LogP contribution is 2.32. The lowest BCUT2D eigenvalue weighted by Gasteiger charge is -2.23. The van der Waals surface area contributed by atoms with Gasteiger partial charge in [-0.1, -0.05) is 0 Å². The summed E-state index contributed by atoms with van der Waals surface area (Å²) in [5.41, 5.74) is 1.92. The first-order valence-electron chi connectivity index (χ1n) is 8.86. The van der Waals surface area contributed by atoms with Crippen LogP contribution in [0.15, 0.2) is 36.7 Å². The van der Waals surface area contributed by atoms with E-state index >= 15 is 0 Å². The van der Waals surface area contributed by atoms with Gasteiger partial charge in [-0.05, 0) is 69.3 Å². The van der Waals surface area contributed by atoms with E-state index in [-0.39, 0.29) is 11.9 Å². The molecule has 1 aromatic carbocycles. The standard InChI is InChI=1S/C19H24N4O/c1-14-20-10-12-23(14)17-8-6-16(7-9-17)21-19(24)18-3-2-11-22(18)13-15-4-5-15/h6-10,12,15,18H,2-5,11,13H2,1H3,(H,21,24). The van der Waals surface area contributed by atoms with Crippen molar-refractivity contribution in [1.82, 2.24) is 14.5 Å². The Labute approximate surface area is 142 Å². The number of nitrogens with zero attached hydrogens (tertiary/aromatic N) is 3. The number of imidazole rings is 1. The summed E-state index contributed by atoms with van der Waals surface area (Å²) in [5, 5.41) is 3.09. The second-order valence-corrected chi connectivity index (χ2v) is 6.98. The molecule has 0 spiro atoms. The molecular formula is C19H24N4O. The summed E-state index contributed by atoms with van der Waals surface area (Å²) < 4.78 is 2.03. The van der Waals surface area contributed by atoms with Crippen LogP contribution < -0.4 is 5.32 Å². The van der Waals surface area contributed by atoms with E-state index in [1.165, 1.54) is 12.8 Å². The zero-order valence-corrected chi connectivity index (χ0v) is 14.1. The average molecular weight is 324 g/mol. The third-order valence-electron chi connectivity index (χ3n) is 5.09. The van der Waals surface area contributed by atoms with Gasteiger partial charge in [-0.2, -0.15) is 0 Å². The zero-order chi connectivity index (χ0) is 16.5. The van der Waals surface area contributed by atoms with Gasteiger partial charge in [-0.3, -0.25) is 9.69 Å². The maximum Gasteiger partial charge on any atom is 0.241 e. The molecule has 2 aromatic rings. The Morgan fingerprint density at radius 1 is 1.25 bits per heavy atom. The van der Waals surface area contributed by atoms with Crippen LogP contribution in [0.3, 0.4) is 0 Å². The fraction of sp³-hybridized carbons (Fsp3) is 0.474. The van der Waals surface area contributed by atoms with Crippen LogP contribution in [0, 0.1) is 12.8 Å². The predicted molar refractivity (Wildman–Crippen MR) is 94.2 cm³/mol. The maximum atomic E-state index is 12.6. The smallest absolute Gasteiger partial charge is 0.241 e. The van der Waals surface area contributed by atoms with E-state index < -0.39 is 0 Å². The molecule has 2 aliphatic rings. The lowest BCUT2D eigenvalue weighted by molar-refractivity contribution is -0.120. The molecule has 5 nitrogen and oxygen atoms in total. The molecule has 0 radical (unpaired) electrons. The highest BCUT2D eigenvalue weighted by atomic mass is 16.2. The van der Waals surface area contributed by atoms with Crippen LogP contribution in [0.5, 0.6) is 0 Å². The van der Waals surface area contributed by atoms with Crippen LogP contribution in [0.25, 0.3) is 5.69 Å². The number of aryl methyl sites for hydroxylation is 1. The largest absolute Gasteiger partial charge is 0.325 e. The van der Waals surface area contributed by atoms with Gasteiger partial charge in [0.1, 0.15) is 5.82 Å². The number of likely N-dealkylation sites (tertiary alicyclic amines) is 1. The topological polar surface area (TPSA) is 50.2 Å².